The molecule has 1 aromatic heterocycles. The van der Waals surface area contributed by atoms with Crippen LogP contribution in [0.2, 0.25) is 0 Å². The molecule has 0 spiro atoms. The molecule has 2 aromatic rings. The van der Waals surface area contributed by atoms with Gasteiger partial charge in [0.05, 0.1) is 13.4 Å². The third kappa shape index (κ3) is 7.24. The van der Waals surface area contributed by atoms with Gasteiger partial charge < -0.3 is 19.4 Å². The van der Waals surface area contributed by atoms with Crippen LogP contribution >= 0.6 is 0 Å². The van der Waals surface area contributed by atoms with Crippen molar-refractivity contribution in [2.45, 2.75) is 33.3 Å². The van der Waals surface area contributed by atoms with Gasteiger partial charge in [-0.05, 0) is 36.1 Å². The van der Waals surface area contributed by atoms with E-state index in [0.29, 0.717) is 23.6 Å². The van der Waals surface area contributed by atoms with Crippen LogP contribution in [-0.2, 0) is 32.1 Å². The van der Waals surface area contributed by atoms with E-state index in [1.54, 1.807) is 18.3 Å². The zero-order valence-electron chi connectivity index (χ0n) is 17.6. The average molecular weight is 412 g/mol. The van der Waals surface area contributed by atoms with E-state index in [0.717, 1.165) is 18.5 Å². The van der Waals surface area contributed by atoms with Crippen molar-refractivity contribution in [3.63, 3.8) is 0 Å². The van der Waals surface area contributed by atoms with E-state index in [1.165, 1.54) is 13.4 Å². The molecule has 0 atom stereocenters. The van der Waals surface area contributed by atoms with Gasteiger partial charge in [-0.3, -0.25) is 4.98 Å². The molecule has 30 heavy (non-hydrogen) atoms. The van der Waals surface area contributed by atoms with Crippen molar-refractivity contribution in [2.75, 3.05) is 13.7 Å². The second-order valence-electron chi connectivity index (χ2n) is 6.86. The molecule has 0 aliphatic rings. The summed E-state index contributed by atoms with van der Waals surface area (Å²) in [5.74, 6) is -0.602. The number of aromatic nitrogens is 1. The van der Waals surface area contributed by atoms with E-state index in [-0.39, 0.29) is 18.1 Å². The van der Waals surface area contributed by atoms with Crippen molar-refractivity contribution in [1.29, 1.82) is 0 Å². The Labute approximate surface area is 177 Å². The first kappa shape index (κ1) is 22.9. The summed E-state index contributed by atoms with van der Waals surface area (Å²) in [6.45, 7) is 4.52. The highest BCUT2D eigenvalue weighted by atomic mass is 16.6. The topological polar surface area (TPSA) is 90.2 Å². The van der Waals surface area contributed by atoms with Crippen LogP contribution in [0.15, 0.2) is 60.1 Å². The van der Waals surface area contributed by atoms with Gasteiger partial charge in [-0.1, -0.05) is 49.3 Å². The molecule has 1 aromatic carbocycles. The number of hydrogen-bond donors (Lipinski definition) is 1. The molecule has 0 bridgehead atoms. The van der Waals surface area contributed by atoms with E-state index < -0.39 is 5.97 Å². The van der Waals surface area contributed by atoms with Crippen LogP contribution < -0.4 is 0 Å². The fraction of sp³-hybridized carbons (Fsp3) is 0.348. The van der Waals surface area contributed by atoms with E-state index in [2.05, 4.69) is 10.1 Å². The molecule has 0 aliphatic carbocycles. The van der Waals surface area contributed by atoms with Gasteiger partial charge in [-0.2, -0.15) is 0 Å². The van der Waals surface area contributed by atoms with Crippen molar-refractivity contribution in [2.24, 2.45) is 11.1 Å². The number of oxime groups is 1. The number of carboxylic acids is 1. The van der Waals surface area contributed by atoms with Crippen LogP contribution in [0.3, 0.4) is 0 Å². The summed E-state index contributed by atoms with van der Waals surface area (Å²) in [4.78, 5) is 21.3. The molecular weight excluding hydrogens is 384 g/mol. The van der Waals surface area contributed by atoms with Gasteiger partial charge in [0, 0.05) is 17.8 Å². The van der Waals surface area contributed by atoms with Crippen LogP contribution in [0.5, 0.6) is 0 Å². The number of benzene rings is 1. The van der Waals surface area contributed by atoms with Crippen molar-refractivity contribution in [3.8, 4) is 0 Å². The van der Waals surface area contributed by atoms with E-state index in [9.17, 15) is 9.90 Å². The predicted molar refractivity (Wildman–Crippen MR) is 115 cm³/mol. The predicted octanol–water partition coefficient (Wildman–Crippen LogP) is 4.29. The molecule has 0 aliphatic heterocycles. The Kier molecular flexibility index (Phi) is 9.37. The Balaban J connectivity index is 1.97. The number of hydrogen-bond acceptors (Lipinski definition) is 6. The van der Waals surface area contributed by atoms with Gasteiger partial charge in [0.15, 0.2) is 0 Å². The lowest BCUT2D eigenvalue weighted by Crippen LogP contribution is -2.14. The lowest BCUT2D eigenvalue weighted by atomic mass is 10.0. The third-order valence-corrected chi connectivity index (χ3v) is 4.19. The SMILES string of the molecule is CO/C=C(/C(=O)O)c1ccccc1CO/C(=N/OCCCc1ccccn1)C(C)C. The molecule has 0 fully saturated rings. The van der Waals surface area contributed by atoms with Gasteiger partial charge in [-0.25, -0.2) is 4.79 Å². The summed E-state index contributed by atoms with van der Waals surface area (Å²) < 4.78 is 10.8. The Morgan fingerprint density at radius 3 is 2.63 bits per heavy atom. The number of methoxy groups -OCH3 is 1. The maximum Gasteiger partial charge on any atom is 0.339 e. The monoisotopic (exact) mass is 412 g/mol. The first-order valence-electron chi connectivity index (χ1n) is 9.80. The van der Waals surface area contributed by atoms with Crippen LogP contribution in [0.25, 0.3) is 5.57 Å². The highest BCUT2D eigenvalue weighted by Crippen LogP contribution is 2.21. The molecule has 0 saturated heterocycles. The number of aryl methyl sites for hydroxylation is 1. The quantitative estimate of drug-likeness (QED) is 0.148. The van der Waals surface area contributed by atoms with E-state index in [1.807, 2.05) is 44.2 Å². The van der Waals surface area contributed by atoms with Gasteiger partial charge in [0.2, 0.25) is 5.90 Å². The minimum Gasteiger partial charge on any atom is -0.503 e. The number of ether oxygens (including phenoxy) is 2. The third-order valence-electron chi connectivity index (χ3n) is 4.19. The van der Waals surface area contributed by atoms with Crippen molar-refractivity contribution < 1.29 is 24.2 Å². The first-order chi connectivity index (χ1) is 14.5. The molecule has 160 valence electrons. The molecule has 0 unspecified atom stereocenters. The number of aliphatic carboxylic acids is 1. The summed E-state index contributed by atoms with van der Waals surface area (Å²) in [5, 5.41) is 13.6. The Morgan fingerprint density at radius 1 is 1.20 bits per heavy atom. The molecular formula is C23H28N2O5. The van der Waals surface area contributed by atoms with Crippen molar-refractivity contribution in [1.82, 2.24) is 4.98 Å². The number of pyridine rings is 1. The maximum absolute atomic E-state index is 11.6. The van der Waals surface area contributed by atoms with Crippen LogP contribution in [0.1, 0.15) is 37.1 Å². The average Bonchev–Trinajstić information content (AvgIpc) is 2.74. The highest BCUT2D eigenvalue weighted by molar-refractivity contribution is 6.15. The van der Waals surface area contributed by atoms with Crippen LogP contribution in [0, 0.1) is 5.92 Å². The molecule has 1 heterocycles. The largest absolute Gasteiger partial charge is 0.503 e. The molecule has 1 N–H and O–H groups in total. The second-order valence-corrected chi connectivity index (χ2v) is 6.86. The Morgan fingerprint density at radius 2 is 1.97 bits per heavy atom. The zero-order chi connectivity index (χ0) is 21.8. The minimum absolute atomic E-state index is 0.0152. The van der Waals surface area contributed by atoms with Gasteiger partial charge in [-0.15, -0.1) is 0 Å². The molecule has 7 nitrogen and oxygen atoms in total. The lowest BCUT2D eigenvalue weighted by molar-refractivity contribution is -0.130. The molecule has 0 amide bonds. The van der Waals surface area contributed by atoms with Crippen LogP contribution in [-0.4, -0.2) is 35.7 Å². The first-order valence-corrected chi connectivity index (χ1v) is 9.80. The summed E-state index contributed by atoms with van der Waals surface area (Å²) in [5.41, 5.74) is 2.32. The van der Waals surface area contributed by atoms with Gasteiger partial charge in [0.25, 0.3) is 0 Å². The Bertz CT molecular complexity index is 863. The minimum atomic E-state index is -1.07. The normalized spacial score (nSPS) is 12.0. The smallest absolute Gasteiger partial charge is 0.339 e. The fourth-order valence-corrected chi connectivity index (χ4v) is 2.68. The lowest BCUT2D eigenvalue weighted by Gasteiger charge is -2.14. The maximum atomic E-state index is 11.6. The van der Waals surface area contributed by atoms with Crippen LogP contribution in [0.4, 0.5) is 0 Å². The van der Waals surface area contributed by atoms with Crippen molar-refractivity contribution in [3.05, 3.63) is 71.7 Å². The molecule has 0 saturated carbocycles. The molecule has 2 rings (SSSR count). The zero-order valence-corrected chi connectivity index (χ0v) is 17.6. The number of carbonyl (C=O) groups is 1. The molecule has 7 heteroatoms. The summed E-state index contributed by atoms with van der Waals surface area (Å²) in [6.07, 6.45) is 4.59. The van der Waals surface area contributed by atoms with Gasteiger partial charge >= 0.3 is 5.97 Å². The van der Waals surface area contributed by atoms with E-state index >= 15 is 0 Å². The summed E-state index contributed by atoms with van der Waals surface area (Å²) >= 11 is 0. The number of carboxylic acid groups (broad SMARTS) is 1. The van der Waals surface area contributed by atoms with Gasteiger partial charge in [0.1, 0.15) is 18.8 Å². The highest BCUT2D eigenvalue weighted by Gasteiger charge is 2.16. The second kappa shape index (κ2) is 12.3. The number of rotatable bonds is 11. The Hall–Kier alpha value is -3.35. The number of nitrogens with zero attached hydrogens (tertiary/aromatic N) is 2. The van der Waals surface area contributed by atoms with Crippen molar-refractivity contribution >= 4 is 17.4 Å². The van der Waals surface area contributed by atoms with E-state index in [4.69, 9.17) is 14.3 Å². The molecule has 0 radical (unpaired) electrons. The standard InChI is InChI=1S/C23H28N2O5/c1-17(2)22(25-30-14-8-11-19-10-6-7-13-24-19)29-15-18-9-4-5-12-20(18)21(16-28-3)23(26)27/h4-7,9-10,12-13,16-17H,8,11,14-15H2,1-3H3,(H,26,27)/b21-16+,25-22+. The fourth-order valence-electron chi connectivity index (χ4n) is 2.68. The summed E-state index contributed by atoms with van der Waals surface area (Å²) in [6, 6.07) is 13.0. The summed E-state index contributed by atoms with van der Waals surface area (Å²) in [7, 11) is 1.41.